The van der Waals surface area contributed by atoms with Crippen molar-refractivity contribution in [3.63, 3.8) is 0 Å². The number of benzene rings is 1. The normalized spacial score (nSPS) is 38.0. The van der Waals surface area contributed by atoms with Crippen LogP contribution >= 0.6 is 0 Å². The lowest BCUT2D eigenvalue weighted by Crippen LogP contribution is -2.51. The SMILES string of the molecule is [2H]C([2H])([2H])Oc1cc2c(cc1OC)C1([2H])N(CC2)C([2H])([2H])C([2H])(CC(C)C)C(OC(=O)[C@@H](N)C(C)C)C1([2H])[2H]. The number of carbonyl (C=O) groups excluding carboxylic acids is 1. The van der Waals surface area contributed by atoms with Crippen molar-refractivity contribution in [2.24, 2.45) is 23.5 Å². The van der Waals surface area contributed by atoms with Crippen LogP contribution in [-0.2, 0) is 16.0 Å². The van der Waals surface area contributed by atoms with Crippen LogP contribution in [0.1, 0.15) is 70.0 Å². The Balaban J connectivity index is 2.29. The minimum atomic E-state index is -2.83. The van der Waals surface area contributed by atoms with Gasteiger partial charge in [0.15, 0.2) is 11.5 Å². The largest absolute Gasteiger partial charge is 0.493 e. The highest BCUT2D eigenvalue weighted by atomic mass is 16.5. The zero-order chi connectivity index (χ0) is 29.9. The molecule has 6 heteroatoms. The Morgan fingerprint density at radius 2 is 2.07 bits per heavy atom. The molecular weight excluding hydrogens is 380 g/mol. The van der Waals surface area contributed by atoms with Crippen molar-refractivity contribution in [2.45, 2.75) is 65.1 Å². The van der Waals surface area contributed by atoms with E-state index in [-0.39, 0.29) is 48.3 Å². The monoisotopic (exact) mass is 427 g/mol. The number of hydrogen-bond donors (Lipinski definition) is 1. The molecule has 0 bridgehead atoms. The van der Waals surface area contributed by atoms with Gasteiger partial charge in [0.25, 0.3) is 0 Å². The second-order valence-corrected chi connectivity index (χ2v) is 8.48. The summed E-state index contributed by atoms with van der Waals surface area (Å²) in [6.07, 6.45) is -4.88. The van der Waals surface area contributed by atoms with Crippen molar-refractivity contribution >= 4 is 5.97 Å². The molecule has 6 nitrogen and oxygen atoms in total. The van der Waals surface area contributed by atoms with Gasteiger partial charge in [-0.15, -0.1) is 0 Å². The first-order valence-electron chi connectivity index (χ1n) is 14.8. The van der Waals surface area contributed by atoms with Crippen LogP contribution in [0.2, 0.25) is 0 Å². The van der Waals surface area contributed by atoms with Crippen molar-refractivity contribution in [2.75, 3.05) is 27.2 Å². The number of fused-ring (bicyclic) bond motifs is 3. The summed E-state index contributed by atoms with van der Waals surface area (Å²) >= 11 is 0. The Kier molecular flexibility index (Phi) is 4.33. The van der Waals surface area contributed by atoms with Gasteiger partial charge in [-0.1, -0.05) is 27.7 Å². The second kappa shape index (κ2) is 9.56. The average Bonchev–Trinajstić information content (AvgIpc) is 2.78. The first-order chi connectivity index (χ1) is 17.6. The molecule has 3 rings (SSSR count). The molecule has 30 heavy (non-hydrogen) atoms. The van der Waals surface area contributed by atoms with Crippen LogP contribution in [0, 0.1) is 17.7 Å². The number of methoxy groups -OCH3 is 2. The molecule has 0 saturated carbocycles. The number of nitrogens with two attached hydrogens (primary N) is 1. The summed E-state index contributed by atoms with van der Waals surface area (Å²) in [6.45, 7) is 4.08. The van der Waals surface area contributed by atoms with Crippen LogP contribution in [0.4, 0.5) is 0 Å². The summed E-state index contributed by atoms with van der Waals surface area (Å²) < 4.78 is 94.0. The third-order valence-corrected chi connectivity index (χ3v) is 5.34. The molecule has 0 aromatic heterocycles. The quantitative estimate of drug-likeness (QED) is 0.671. The molecule has 168 valence electrons. The Morgan fingerprint density at radius 1 is 1.33 bits per heavy atom. The predicted octanol–water partition coefficient (Wildman–Crippen LogP) is 3.56. The van der Waals surface area contributed by atoms with Crippen LogP contribution in [-0.4, -0.2) is 50.2 Å². The fourth-order valence-corrected chi connectivity index (χ4v) is 3.63. The summed E-state index contributed by atoms with van der Waals surface area (Å²) in [5.41, 5.74) is 6.34. The molecule has 0 amide bonds. The fraction of sp³-hybridized carbons (Fsp3) is 0.708. The van der Waals surface area contributed by atoms with Crippen LogP contribution in [0.3, 0.4) is 0 Å². The minimum Gasteiger partial charge on any atom is -0.493 e. The standard InChI is InChI=1S/C24H38N2O4/c1-14(2)9-17-13-26-8-7-16-10-21(28-5)22(29-6)11-18(16)19(26)12-20(17)30-24(27)23(25)15(3)4/h10-11,14-15,17,19-20,23H,7-9,12-13,25H2,1-6H3/t17?,19?,20?,23-/m0/s1/i5D3,12D2,13D2,17D,19D. The second-order valence-electron chi connectivity index (χ2n) is 8.48. The van der Waals surface area contributed by atoms with E-state index in [0.29, 0.717) is 5.56 Å². The number of piperidine rings is 1. The third kappa shape index (κ3) is 4.75. The number of rotatable bonds is 7. The van der Waals surface area contributed by atoms with Crippen molar-refractivity contribution in [3.8, 4) is 11.5 Å². The van der Waals surface area contributed by atoms with Gasteiger partial charge in [0.1, 0.15) is 12.1 Å². The van der Waals surface area contributed by atoms with E-state index in [2.05, 4.69) is 0 Å². The van der Waals surface area contributed by atoms with E-state index in [1.165, 1.54) is 19.2 Å². The van der Waals surface area contributed by atoms with Crippen molar-refractivity contribution in [1.29, 1.82) is 0 Å². The van der Waals surface area contributed by atoms with E-state index in [4.69, 9.17) is 26.8 Å². The third-order valence-electron chi connectivity index (χ3n) is 5.34. The van der Waals surface area contributed by atoms with Crippen LogP contribution in [0.15, 0.2) is 12.1 Å². The summed E-state index contributed by atoms with van der Waals surface area (Å²) in [5.74, 6) is -4.14. The lowest BCUT2D eigenvalue weighted by Gasteiger charge is -2.47. The van der Waals surface area contributed by atoms with E-state index in [9.17, 15) is 10.3 Å². The predicted molar refractivity (Wildman–Crippen MR) is 118 cm³/mol. The van der Waals surface area contributed by atoms with Crippen molar-refractivity contribution in [1.82, 2.24) is 4.90 Å². The highest BCUT2D eigenvalue weighted by Gasteiger charge is 2.41. The summed E-state index contributed by atoms with van der Waals surface area (Å²) in [6, 6.07) is -1.02. The molecule has 3 unspecified atom stereocenters. The molecule has 0 spiro atoms. The molecule has 1 saturated heterocycles. The van der Waals surface area contributed by atoms with E-state index in [1.54, 1.807) is 27.7 Å². The molecule has 1 fully saturated rings. The van der Waals surface area contributed by atoms with Gasteiger partial charge < -0.3 is 19.9 Å². The van der Waals surface area contributed by atoms with Crippen LogP contribution in [0.5, 0.6) is 11.5 Å². The Hall–Kier alpha value is -1.79. The molecular formula is C24H38N2O4. The van der Waals surface area contributed by atoms with Gasteiger partial charge in [-0.3, -0.25) is 9.69 Å². The van der Waals surface area contributed by atoms with Crippen LogP contribution in [0.25, 0.3) is 0 Å². The fourth-order valence-electron chi connectivity index (χ4n) is 3.63. The number of ether oxygens (including phenoxy) is 3. The molecule has 0 radical (unpaired) electrons. The maximum Gasteiger partial charge on any atom is 0.323 e. The van der Waals surface area contributed by atoms with Gasteiger partial charge in [0, 0.05) is 38.2 Å². The molecule has 2 aliphatic rings. The van der Waals surface area contributed by atoms with Gasteiger partial charge in [0.05, 0.1) is 19.6 Å². The maximum atomic E-state index is 13.0. The molecule has 0 aliphatic carbocycles. The number of nitrogens with zero attached hydrogens (tertiary/aromatic N) is 1. The molecule has 1 aromatic rings. The van der Waals surface area contributed by atoms with Gasteiger partial charge in [-0.25, -0.2) is 0 Å². The first-order valence-corrected chi connectivity index (χ1v) is 10.3. The Morgan fingerprint density at radius 3 is 2.70 bits per heavy atom. The molecule has 4 atom stereocenters. The summed E-state index contributed by atoms with van der Waals surface area (Å²) in [4.78, 5) is 14.0. The highest BCUT2D eigenvalue weighted by Crippen LogP contribution is 2.44. The first kappa shape index (κ1) is 13.6. The van der Waals surface area contributed by atoms with Crippen molar-refractivity contribution in [3.05, 3.63) is 23.3 Å². The molecule has 2 heterocycles. The van der Waals surface area contributed by atoms with Gasteiger partial charge >= 0.3 is 5.97 Å². The van der Waals surface area contributed by atoms with Gasteiger partial charge in [-0.05, 0) is 47.9 Å². The van der Waals surface area contributed by atoms with Crippen molar-refractivity contribution < 1.29 is 31.3 Å². The van der Waals surface area contributed by atoms with E-state index in [0.717, 1.165) is 4.90 Å². The highest BCUT2D eigenvalue weighted by molar-refractivity contribution is 5.76. The molecule has 2 aliphatic heterocycles. The zero-order valence-corrected chi connectivity index (χ0v) is 18.2. The number of esters is 1. The van der Waals surface area contributed by atoms with E-state index < -0.39 is 49.9 Å². The van der Waals surface area contributed by atoms with Gasteiger partial charge in [0.2, 0.25) is 0 Å². The smallest absolute Gasteiger partial charge is 0.323 e. The van der Waals surface area contributed by atoms with Gasteiger partial charge in [-0.2, -0.15) is 0 Å². The lowest BCUT2D eigenvalue weighted by molar-refractivity contribution is -0.160. The zero-order valence-electron chi connectivity index (χ0n) is 27.2. The minimum absolute atomic E-state index is 0.00169. The Labute approximate surface area is 193 Å². The molecule has 1 aromatic carbocycles. The summed E-state index contributed by atoms with van der Waals surface area (Å²) in [7, 11) is -1.54. The number of hydrogen-bond acceptors (Lipinski definition) is 6. The maximum absolute atomic E-state index is 13.0. The summed E-state index contributed by atoms with van der Waals surface area (Å²) in [5, 5.41) is 0. The topological polar surface area (TPSA) is 74.0 Å². The lowest BCUT2D eigenvalue weighted by atomic mass is 9.79. The van der Waals surface area contributed by atoms with E-state index >= 15 is 0 Å². The van der Waals surface area contributed by atoms with Crippen LogP contribution < -0.4 is 15.2 Å². The van der Waals surface area contributed by atoms with E-state index in [1.807, 2.05) is 0 Å². The Bertz CT molecular complexity index is 1100. The molecule has 2 N–H and O–H groups in total. The average molecular weight is 428 g/mol. The number of carbonyl (C=O) groups is 1.